The van der Waals surface area contributed by atoms with Crippen LogP contribution in [-0.4, -0.2) is 36.5 Å². The molecule has 3 heterocycles. The van der Waals surface area contributed by atoms with Gasteiger partial charge in [0.15, 0.2) is 18.1 Å². The molecule has 212 valence electrons. The van der Waals surface area contributed by atoms with E-state index in [4.69, 9.17) is 4.74 Å². The molecule has 8 nitrogen and oxygen atoms in total. The summed E-state index contributed by atoms with van der Waals surface area (Å²) in [6, 6.07) is 13.3. The quantitative estimate of drug-likeness (QED) is 0.222. The third-order valence-electron chi connectivity index (χ3n) is 6.06. The van der Waals surface area contributed by atoms with E-state index in [9.17, 15) is 31.1 Å². The lowest BCUT2D eigenvalue weighted by molar-refractivity contribution is -0.291. The SMILES string of the molecule is CCc1ccc(OCn2cc(NC(=O)c3cc4nc(-c5ccc(F)cc5)cc(C(F)(F)C(F)(F)F)n4n3)cn2)cc1. The van der Waals surface area contributed by atoms with E-state index in [0.29, 0.717) is 11.8 Å². The van der Waals surface area contributed by atoms with Crippen LogP contribution in [0.4, 0.5) is 32.0 Å². The lowest BCUT2D eigenvalue weighted by Gasteiger charge is -2.21. The summed E-state index contributed by atoms with van der Waals surface area (Å²) in [7, 11) is 0. The van der Waals surface area contributed by atoms with Gasteiger partial charge in [-0.2, -0.15) is 32.1 Å². The fraction of sp³-hybridized carbons (Fsp3) is 0.185. The van der Waals surface area contributed by atoms with Gasteiger partial charge < -0.3 is 10.1 Å². The van der Waals surface area contributed by atoms with Crippen molar-refractivity contribution in [3.8, 4) is 17.0 Å². The number of ether oxygens (including phenoxy) is 1. The number of alkyl halides is 5. The van der Waals surface area contributed by atoms with Crippen molar-refractivity contribution in [3.05, 3.63) is 95.8 Å². The molecule has 3 aromatic heterocycles. The Bertz CT molecular complexity index is 1690. The smallest absolute Gasteiger partial charge is 0.459 e. The Morgan fingerprint density at radius 3 is 2.37 bits per heavy atom. The minimum atomic E-state index is -5.97. The topological polar surface area (TPSA) is 86.3 Å². The molecule has 1 N–H and O–H groups in total. The number of halogens is 6. The summed E-state index contributed by atoms with van der Waals surface area (Å²) in [4.78, 5) is 16.9. The van der Waals surface area contributed by atoms with E-state index in [-0.39, 0.29) is 28.2 Å². The first kappa shape index (κ1) is 27.7. The number of nitrogens with zero attached hydrogens (tertiary/aromatic N) is 5. The number of rotatable bonds is 8. The molecule has 2 aromatic carbocycles. The number of carbonyl (C=O) groups is 1. The van der Waals surface area contributed by atoms with Gasteiger partial charge in [-0.25, -0.2) is 18.6 Å². The fourth-order valence-corrected chi connectivity index (χ4v) is 3.88. The molecular weight excluding hydrogens is 554 g/mol. The van der Waals surface area contributed by atoms with Crippen molar-refractivity contribution >= 4 is 17.2 Å². The van der Waals surface area contributed by atoms with Gasteiger partial charge in [0.25, 0.3) is 5.91 Å². The van der Waals surface area contributed by atoms with Gasteiger partial charge >= 0.3 is 12.1 Å². The van der Waals surface area contributed by atoms with Gasteiger partial charge in [-0.1, -0.05) is 19.1 Å². The van der Waals surface area contributed by atoms with Gasteiger partial charge in [0.05, 0.1) is 23.8 Å². The maximum absolute atomic E-state index is 14.5. The summed E-state index contributed by atoms with van der Waals surface area (Å²) < 4.78 is 89.7. The molecule has 0 spiro atoms. The average Bonchev–Trinajstić information content (AvgIpc) is 3.58. The first-order valence-electron chi connectivity index (χ1n) is 12.1. The number of aromatic nitrogens is 5. The van der Waals surface area contributed by atoms with E-state index < -0.39 is 40.9 Å². The number of amides is 1. The number of carbonyl (C=O) groups excluding carboxylic acids is 1. The molecule has 0 aliphatic heterocycles. The van der Waals surface area contributed by atoms with Crippen molar-refractivity contribution in [1.82, 2.24) is 24.4 Å². The molecule has 0 atom stereocenters. The highest BCUT2D eigenvalue weighted by atomic mass is 19.4. The molecule has 0 aliphatic rings. The Morgan fingerprint density at radius 1 is 1.00 bits per heavy atom. The molecular formula is C27H20F6N6O2. The number of hydrogen-bond donors (Lipinski definition) is 1. The van der Waals surface area contributed by atoms with Crippen molar-refractivity contribution in [2.24, 2.45) is 0 Å². The van der Waals surface area contributed by atoms with Gasteiger partial charge in [0, 0.05) is 11.6 Å². The van der Waals surface area contributed by atoms with E-state index in [1.807, 2.05) is 19.1 Å². The third kappa shape index (κ3) is 5.71. The van der Waals surface area contributed by atoms with E-state index in [2.05, 4.69) is 20.5 Å². The molecule has 5 aromatic rings. The maximum Gasteiger partial charge on any atom is 0.459 e. The van der Waals surface area contributed by atoms with Crippen molar-refractivity contribution in [2.45, 2.75) is 32.2 Å². The van der Waals surface area contributed by atoms with E-state index >= 15 is 0 Å². The predicted octanol–water partition coefficient (Wildman–Crippen LogP) is 6.24. The molecule has 0 saturated carbocycles. The Morgan fingerprint density at radius 2 is 1.71 bits per heavy atom. The molecule has 14 heteroatoms. The fourth-order valence-electron chi connectivity index (χ4n) is 3.88. The Balaban J connectivity index is 1.40. The van der Waals surface area contributed by atoms with Crippen LogP contribution >= 0.6 is 0 Å². The number of aryl methyl sites for hydroxylation is 1. The molecule has 5 rings (SSSR count). The summed E-state index contributed by atoms with van der Waals surface area (Å²) in [6.07, 6.45) is -2.36. The molecule has 41 heavy (non-hydrogen) atoms. The van der Waals surface area contributed by atoms with Crippen molar-refractivity contribution < 1.29 is 35.9 Å². The van der Waals surface area contributed by atoms with E-state index in [0.717, 1.165) is 30.2 Å². The highest BCUT2D eigenvalue weighted by Gasteiger charge is 2.60. The Labute approximate surface area is 228 Å². The maximum atomic E-state index is 14.5. The average molecular weight is 574 g/mol. The zero-order valence-electron chi connectivity index (χ0n) is 21.2. The lowest BCUT2D eigenvalue weighted by atomic mass is 10.1. The summed E-state index contributed by atoms with van der Waals surface area (Å²) in [5.74, 6) is -6.29. The van der Waals surface area contributed by atoms with Gasteiger partial charge in [0.1, 0.15) is 17.3 Å². The highest BCUT2D eigenvalue weighted by Crippen LogP contribution is 2.44. The van der Waals surface area contributed by atoms with Gasteiger partial charge in [0.2, 0.25) is 0 Å². The first-order chi connectivity index (χ1) is 19.4. The summed E-state index contributed by atoms with van der Waals surface area (Å²) in [5.41, 5.74) is -1.38. The largest absolute Gasteiger partial charge is 0.471 e. The van der Waals surface area contributed by atoms with Crippen LogP contribution in [-0.2, 0) is 19.1 Å². The lowest BCUT2D eigenvalue weighted by Crippen LogP contribution is -2.36. The zero-order valence-corrected chi connectivity index (χ0v) is 21.2. The Hall–Kier alpha value is -4.88. The van der Waals surface area contributed by atoms with Crippen LogP contribution in [0, 0.1) is 5.82 Å². The number of hydrogen-bond acceptors (Lipinski definition) is 5. The second-order valence-electron chi connectivity index (χ2n) is 8.90. The normalized spacial score (nSPS) is 12.1. The van der Waals surface area contributed by atoms with Crippen LogP contribution in [0.25, 0.3) is 16.9 Å². The standard InChI is InChI=1S/C27H20F6N6O2/c1-2-16-3-9-20(10-4-16)41-15-38-14-19(13-34-38)35-25(40)22-12-24-36-21(17-5-7-18(28)8-6-17)11-23(39(24)37-22)26(29,30)27(31,32)33/h3-14H,2,15H2,1H3,(H,35,40). The minimum absolute atomic E-state index is 0.0155. The predicted molar refractivity (Wildman–Crippen MR) is 135 cm³/mol. The minimum Gasteiger partial charge on any atom is -0.471 e. The van der Waals surface area contributed by atoms with Gasteiger partial charge in [-0.3, -0.25) is 4.79 Å². The molecule has 0 bridgehead atoms. The number of benzene rings is 2. The molecule has 0 fully saturated rings. The van der Waals surface area contributed by atoms with E-state index in [1.54, 1.807) is 12.1 Å². The van der Waals surface area contributed by atoms with Crippen LogP contribution in [0.15, 0.2) is 73.1 Å². The van der Waals surface area contributed by atoms with Crippen molar-refractivity contribution in [1.29, 1.82) is 0 Å². The zero-order chi connectivity index (χ0) is 29.4. The highest BCUT2D eigenvalue weighted by molar-refractivity contribution is 6.03. The molecule has 0 saturated heterocycles. The first-order valence-corrected chi connectivity index (χ1v) is 12.1. The third-order valence-corrected chi connectivity index (χ3v) is 6.06. The van der Waals surface area contributed by atoms with Gasteiger partial charge in [-0.05, 0) is 54.4 Å². The van der Waals surface area contributed by atoms with Gasteiger partial charge in [-0.15, -0.1) is 0 Å². The molecule has 0 unspecified atom stereocenters. The van der Waals surface area contributed by atoms with Crippen LogP contribution < -0.4 is 10.1 Å². The molecule has 0 aliphatic carbocycles. The molecule has 1 amide bonds. The van der Waals surface area contributed by atoms with Crippen molar-refractivity contribution in [3.63, 3.8) is 0 Å². The number of anilines is 1. The van der Waals surface area contributed by atoms with Crippen LogP contribution in [0.1, 0.15) is 28.7 Å². The monoisotopic (exact) mass is 574 g/mol. The van der Waals surface area contributed by atoms with Crippen molar-refractivity contribution in [2.75, 3.05) is 5.32 Å². The summed E-state index contributed by atoms with van der Waals surface area (Å²) >= 11 is 0. The summed E-state index contributed by atoms with van der Waals surface area (Å²) in [5, 5.41) is 10.2. The van der Waals surface area contributed by atoms with Crippen LogP contribution in [0.3, 0.4) is 0 Å². The summed E-state index contributed by atoms with van der Waals surface area (Å²) in [6.45, 7) is 2.04. The van der Waals surface area contributed by atoms with Crippen LogP contribution in [0.2, 0.25) is 0 Å². The molecule has 0 radical (unpaired) electrons. The second kappa shape index (κ2) is 10.6. The second-order valence-corrected chi connectivity index (χ2v) is 8.90. The number of fused-ring (bicyclic) bond motifs is 1. The number of nitrogens with one attached hydrogen (secondary N) is 1. The van der Waals surface area contributed by atoms with E-state index in [1.165, 1.54) is 29.2 Å². The van der Waals surface area contributed by atoms with Crippen LogP contribution in [0.5, 0.6) is 5.75 Å². The Kier molecular flexibility index (Phi) is 7.15.